The van der Waals surface area contributed by atoms with E-state index in [2.05, 4.69) is 10.6 Å². The van der Waals surface area contributed by atoms with Gasteiger partial charge in [-0.15, -0.1) is 0 Å². The van der Waals surface area contributed by atoms with E-state index < -0.39 is 42.5 Å². The smallest absolute Gasteiger partial charge is 0.328 e. The monoisotopic (exact) mass is 346 g/mol. The van der Waals surface area contributed by atoms with Crippen molar-refractivity contribution < 1.29 is 24.6 Å². The van der Waals surface area contributed by atoms with E-state index in [0.29, 0.717) is 32.2 Å². The second-order valence-corrected chi connectivity index (χ2v) is 5.84. The lowest BCUT2D eigenvalue weighted by atomic mass is 9.98. The van der Waals surface area contributed by atoms with Crippen LogP contribution in [0.3, 0.4) is 0 Å². The molecule has 4 atom stereocenters. The van der Waals surface area contributed by atoms with Crippen LogP contribution >= 0.6 is 0 Å². The minimum atomic E-state index is -1.42. The predicted molar refractivity (Wildman–Crippen MR) is 88.9 cm³/mol. The maximum Gasteiger partial charge on any atom is 0.328 e. The number of carbonyl (C=O) groups is 3. The lowest BCUT2D eigenvalue weighted by Crippen LogP contribution is -2.56. The second-order valence-electron chi connectivity index (χ2n) is 5.84. The van der Waals surface area contributed by atoms with Gasteiger partial charge in [0, 0.05) is 0 Å². The summed E-state index contributed by atoms with van der Waals surface area (Å²) in [6.07, 6.45) is 2.27. The number of nitrogens with one attached hydrogen (secondary N) is 2. The highest BCUT2D eigenvalue weighted by Crippen LogP contribution is 2.07. The van der Waals surface area contributed by atoms with Gasteiger partial charge in [0.2, 0.25) is 11.8 Å². The summed E-state index contributed by atoms with van der Waals surface area (Å²) in [5.74, 6) is -2.54. The van der Waals surface area contributed by atoms with E-state index in [-0.39, 0.29) is 5.92 Å². The van der Waals surface area contributed by atoms with Gasteiger partial charge in [-0.25, -0.2) is 4.79 Å². The number of hydrogen-bond donors (Lipinski definition) is 6. The molecule has 0 fully saturated rings. The molecule has 0 rings (SSSR count). The molecule has 2 amide bonds. The molecule has 0 aromatic carbocycles. The van der Waals surface area contributed by atoms with Crippen molar-refractivity contribution in [2.24, 2.45) is 17.4 Å². The Balaban J connectivity index is 4.92. The van der Waals surface area contributed by atoms with Crippen molar-refractivity contribution in [3.05, 3.63) is 0 Å². The van der Waals surface area contributed by atoms with Crippen molar-refractivity contribution in [1.29, 1.82) is 0 Å². The third-order valence-electron chi connectivity index (χ3n) is 3.94. The molecule has 24 heavy (non-hydrogen) atoms. The van der Waals surface area contributed by atoms with Crippen LogP contribution in [0.5, 0.6) is 0 Å². The summed E-state index contributed by atoms with van der Waals surface area (Å²) in [5.41, 5.74) is 11.3. The first-order valence-corrected chi connectivity index (χ1v) is 8.18. The van der Waals surface area contributed by atoms with Crippen LogP contribution in [-0.4, -0.2) is 59.3 Å². The summed E-state index contributed by atoms with van der Waals surface area (Å²) < 4.78 is 0. The first kappa shape index (κ1) is 22.3. The maximum atomic E-state index is 12.2. The van der Waals surface area contributed by atoms with E-state index in [9.17, 15) is 14.4 Å². The summed E-state index contributed by atoms with van der Waals surface area (Å²) in [4.78, 5) is 35.3. The molecule has 0 saturated heterocycles. The zero-order valence-electron chi connectivity index (χ0n) is 14.3. The van der Waals surface area contributed by atoms with Gasteiger partial charge in [-0.05, 0) is 31.7 Å². The summed E-state index contributed by atoms with van der Waals surface area (Å²) in [7, 11) is 0. The van der Waals surface area contributed by atoms with Crippen LogP contribution in [0.1, 0.15) is 39.5 Å². The number of amides is 2. The number of aliphatic hydroxyl groups is 1. The van der Waals surface area contributed by atoms with Gasteiger partial charge in [0.25, 0.3) is 0 Å². The Bertz CT molecular complexity index is 419. The molecule has 9 heteroatoms. The fraction of sp³-hybridized carbons (Fsp3) is 0.800. The van der Waals surface area contributed by atoms with Crippen LogP contribution in [0.15, 0.2) is 0 Å². The van der Waals surface area contributed by atoms with Crippen molar-refractivity contribution in [2.45, 2.75) is 57.7 Å². The van der Waals surface area contributed by atoms with E-state index in [1.807, 2.05) is 13.8 Å². The quantitative estimate of drug-likeness (QED) is 0.235. The molecule has 0 radical (unpaired) electrons. The number of carboxylic acid groups (broad SMARTS) is 1. The Hall–Kier alpha value is -1.71. The van der Waals surface area contributed by atoms with Crippen molar-refractivity contribution >= 4 is 17.8 Å². The number of carbonyl (C=O) groups excluding carboxylic acids is 2. The van der Waals surface area contributed by atoms with Gasteiger partial charge in [-0.1, -0.05) is 20.3 Å². The molecular weight excluding hydrogens is 316 g/mol. The van der Waals surface area contributed by atoms with Gasteiger partial charge in [0.15, 0.2) is 0 Å². The number of aliphatic hydroxyl groups excluding tert-OH is 1. The van der Waals surface area contributed by atoms with Crippen LogP contribution < -0.4 is 22.1 Å². The third kappa shape index (κ3) is 7.71. The normalized spacial score (nSPS) is 15.9. The molecule has 0 unspecified atom stereocenters. The molecule has 0 heterocycles. The van der Waals surface area contributed by atoms with Crippen LogP contribution in [0.4, 0.5) is 0 Å². The Morgan fingerprint density at radius 2 is 1.67 bits per heavy atom. The average molecular weight is 346 g/mol. The summed E-state index contributed by atoms with van der Waals surface area (Å²) >= 11 is 0. The largest absolute Gasteiger partial charge is 0.480 e. The first-order chi connectivity index (χ1) is 11.3. The number of rotatable bonds is 12. The average Bonchev–Trinajstić information content (AvgIpc) is 2.56. The molecular formula is C15H30N4O5. The summed E-state index contributed by atoms with van der Waals surface area (Å²) in [6.45, 7) is 3.45. The lowest BCUT2D eigenvalue weighted by Gasteiger charge is -2.24. The van der Waals surface area contributed by atoms with Crippen LogP contribution in [0, 0.1) is 5.92 Å². The first-order valence-electron chi connectivity index (χ1n) is 8.18. The van der Waals surface area contributed by atoms with Gasteiger partial charge < -0.3 is 32.3 Å². The highest BCUT2D eigenvalue weighted by Gasteiger charge is 2.28. The van der Waals surface area contributed by atoms with Crippen molar-refractivity contribution in [2.75, 3.05) is 13.2 Å². The number of nitrogens with two attached hydrogens (primary N) is 2. The summed E-state index contributed by atoms with van der Waals surface area (Å²) in [6, 6.07) is -3.10. The molecule has 140 valence electrons. The third-order valence-corrected chi connectivity index (χ3v) is 3.94. The molecule has 0 saturated carbocycles. The zero-order valence-corrected chi connectivity index (χ0v) is 14.3. The minimum Gasteiger partial charge on any atom is -0.480 e. The highest BCUT2D eigenvalue weighted by molar-refractivity contribution is 5.91. The number of aliphatic carboxylic acids is 1. The predicted octanol–water partition coefficient (Wildman–Crippen LogP) is -1.46. The topological polar surface area (TPSA) is 168 Å². The van der Waals surface area contributed by atoms with Crippen LogP contribution in [-0.2, 0) is 14.4 Å². The van der Waals surface area contributed by atoms with Gasteiger partial charge >= 0.3 is 5.97 Å². The molecule has 9 nitrogen and oxygen atoms in total. The van der Waals surface area contributed by atoms with Crippen LogP contribution in [0.2, 0.25) is 0 Å². The van der Waals surface area contributed by atoms with Crippen molar-refractivity contribution in [3.8, 4) is 0 Å². The standard InChI is InChI=1S/C15H30N4O5/c1-3-9(2)12(17)14(22)18-10(6-4-5-7-16)13(21)19-11(8-20)15(23)24/h9-12,20H,3-8,16-17H2,1-2H3,(H,18,22)(H,19,21)(H,23,24)/t9-,10-,11-,12-/m0/s1. The molecule has 8 N–H and O–H groups in total. The molecule has 0 aliphatic heterocycles. The molecule has 0 aliphatic carbocycles. The fourth-order valence-electron chi connectivity index (χ4n) is 2.00. The summed E-state index contributed by atoms with van der Waals surface area (Å²) in [5, 5.41) is 22.7. The number of unbranched alkanes of at least 4 members (excludes halogenated alkanes) is 1. The zero-order chi connectivity index (χ0) is 18.7. The lowest BCUT2D eigenvalue weighted by molar-refractivity contribution is -0.143. The molecule has 0 aliphatic rings. The Labute approximate surface area is 142 Å². The van der Waals surface area contributed by atoms with E-state index in [4.69, 9.17) is 21.7 Å². The maximum absolute atomic E-state index is 12.2. The molecule has 0 aromatic rings. The Morgan fingerprint density at radius 1 is 1.08 bits per heavy atom. The molecule has 0 bridgehead atoms. The van der Waals surface area contributed by atoms with Gasteiger partial charge in [0.05, 0.1) is 12.6 Å². The SMILES string of the molecule is CC[C@H](C)[C@H](N)C(=O)N[C@@H](CCCCN)C(=O)N[C@@H](CO)C(=O)O. The molecule has 0 spiro atoms. The van der Waals surface area contributed by atoms with Crippen molar-refractivity contribution in [1.82, 2.24) is 10.6 Å². The number of hydrogen-bond acceptors (Lipinski definition) is 6. The van der Waals surface area contributed by atoms with E-state index in [1.165, 1.54) is 0 Å². The van der Waals surface area contributed by atoms with E-state index >= 15 is 0 Å². The van der Waals surface area contributed by atoms with Gasteiger partial charge in [-0.2, -0.15) is 0 Å². The van der Waals surface area contributed by atoms with E-state index in [0.717, 1.165) is 0 Å². The van der Waals surface area contributed by atoms with Gasteiger partial charge in [-0.3, -0.25) is 9.59 Å². The second kappa shape index (κ2) is 11.8. The van der Waals surface area contributed by atoms with Crippen molar-refractivity contribution in [3.63, 3.8) is 0 Å². The van der Waals surface area contributed by atoms with E-state index in [1.54, 1.807) is 0 Å². The highest BCUT2D eigenvalue weighted by atomic mass is 16.4. The van der Waals surface area contributed by atoms with Gasteiger partial charge in [0.1, 0.15) is 12.1 Å². The Kier molecular flexibility index (Phi) is 10.9. The van der Waals surface area contributed by atoms with Crippen LogP contribution in [0.25, 0.3) is 0 Å². The Morgan fingerprint density at radius 3 is 2.12 bits per heavy atom. The fourth-order valence-corrected chi connectivity index (χ4v) is 2.00. The molecule has 0 aromatic heterocycles. The minimum absolute atomic E-state index is 0.0537. The number of carboxylic acids is 1.